The Morgan fingerprint density at radius 1 is 1.29 bits per heavy atom. The second kappa shape index (κ2) is 7.35. The minimum atomic E-state index is -0.412. The third-order valence-electron chi connectivity index (χ3n) is 5.21. The fourth-order valence-electron chi connectivity index (χ4n) is 3.72. The molecule has 2 aromatic heterocycles. The molecule has 1 unspecified atom stereocenters. The molecule has 1 atom stereocenters. The molecule has 1 aliphatic rings. The van der Waals surface area contributed by atoms with Gasteiger partial charge in [-0.3, -0.25) is 14.9 Å². The predicted molar refractivity (Wildman–Crippen MR) is 110 cm³/mol. The molecule has 0 aliphatic carbocycles. The van der Waals surface area contributed by atoms with Crippen LogP contribution >= 0.6 is 11.3 Å². The van der Waals surface area contributed by atoms with Crippen molar-refractivity contribution in [3.8, 4) is 0 Å². The van der Waals surface area contributed by atoms with Crippen molar-refractivity contribution in [3.05, 3.63) is 40.4 Å². The van der Waals surface area contributed by atoms with Crippen molar-refractivity contribution in [3.63, 3.8) is 0 Å². The van der Waals surface area contributed by atoms with E-state index < -0.39 is 5.92 Å². The number of anilines is 2. The molecule has 8 heteroatoms. The number of thiazole rings is 1. The van der Waals surface area contributed by atoms with Gasteiger partial charge in [-0.05, 0) is 30.9 Å². The van der Waals surface area contributed by atoms with Crippen LogP contribution in [0.3, 0.4) is 0 Å². The highest BCUT2D eigenvalue weighted by molar-refractivity contribution is 7.15. The van der Waals surface area contributed by atoms with E-state index in [4.69, 9.17) is 0 Å². The Balaban J connectivity index is 1.54. The zero-order valence-electron chi connectivity index (χ0n) is 16.2. The molecule has 0 radical (unpaired) electrons. The summed E-state index contributed by atoms with van der Waals surface area (Å²) in [6.45, 7) is 6.49. The summed E-state index contributed by atoms with van der Waals surface area (Å²) in [6.07, 6.45) is 1.89. The van der Waals surface area contributed by atoms with Crippen LogP contribution in [0.5, 0.6) is 0 Å². The van der Waals surface area contributed by atoms with E-state index in [0.717, 1.165) is 40.3 Å². The SMILES string of the molecule is CCc1cccc(CC)c1N1CC(C(=O)Nc2nc3scc(C)n3n2)CC1=O. The number of hydrogen-bond donors (Lipinski definition) is 1. The van der Waals surface area contributed by atoms with Crippen LogP contribution in [-0.4, -0.2) is 33.0 Å². The van der Waals surface area contributed by atoms with Gasteiger partial charge in [0.1, 0.15) is 0 Å². The predicted octanol–water partition coefficient (Wildman–Crippen LogP) is 3.22. The Morgan fingerprint density at radius 3 is 2.64 bits per heavy atom. The number of carbonyl (C=O) groups excluding carboxylic acids is 2. The number of aryl methyl sites for hydroxylation is 3. The summed E-state index contributed by atoms with van der Waals surface area (Å²) in [5.41, 5.74) is 4.23. The van der Waals surface area contributed by atoms with Crippen molar-refractivity contribution < 1.29 is 9.59 Å². The monoisotopic (exact) mass is 397 g/mol. The highest BCUT2D eigenvalue weighted by atomic mass is 32.1. The lowest BCUT2D eigenvalue weighted by Gasteiger charge is -2.23. The summed E-state index contributed by atoms with van der Waals surface area (Å²) in [4.78, 5) is 32.3. The number of fused-ring (bicyclic) bond motifs is 1. The second-order valence-corrected chi connectivity index (χ2v) is 7.87. The molecule has 3 heterocycles. The summed E-state index contributed by atoms with van der Waals surface area (Å²) in [7, 11) is 0. The van der Waals surface area contributed by atoms with Gasteiger partial charge in [0, 0.05) is 24.0 Å². The molecule has 1 fully saturated rings. The fraction of sp³-hybridized carbons (Fsp3) is 0.400. The lowest BCUT2D eigenvalue weighted by Crippen LogP contribution is -2.29. The van der Waals surface area contributed by atoms with Crippen LogP contribution in [0.2, 0.25) is 0 Å². The van der Waals surface area contributed by atoms with Crippen LogP contribution in [0.1, 0.15) is 37.1 Å². The Morgan fingerprint density at radius 2 is 2.00 bits per heavy atom. The molecule has 28 heavy (non-hydrogen) atoms. The Labute approximate surface area is 167 Å². The van der Waals surface area contributed by atoms with Crippen LogP contribution in [0, 0.1) is 12.8 Å². The zero-order chi connectivity index (χ0) is 19.8. The number of rotatable bonds is 5. The molecule has 1 N–H and O–H groups in total. The normalized spacial score (nSPS) is 16.9. The molecule has 2 amide bonds. The van der Waals surface area contributed by atoms with E-state index in [1.165, 1.54) is 11.3 Å². The van der Waals surface area contributed by atoms with Crippen molar-refractivity contribution in [1.29, 1.82) is 0 Å². The lowest BCUT2D eigenvalue weighted by atomic mass is 10.0. The van der Waals surface area contributed by atoms with E-state index in [0.29, 0.717) is 6.54 Å². The van der Waals surface area contributed by atoms with Crippen LogP contribution in [-0.2, 0) is 22.4 Å². The molecule has 1 aliphatic heterocycles. The van der Waals surface area contributed by atoms with Gasteiger partial charge in [0.05, 0.1) is 11.6 Å². The first-order chi connectivity index (χ1) is 13.5. The summed E-state index contributed by atoms with van der Waals surface area (Å²) >= 11 is 1.48. The van der Waals surface area contributed by atoms with Gasteiger partial charge in [-0.15, -0.1) is 16.4 Å². The van der Waals surface area contributed by atoms with Crippen LogP contribution in [0.15, 0.2) is 23.6 Å². The first-order valence-corrected chi connectivity index (χ1v) is 10.4. The molecule has 4 rings (SSSR count). The number of nitrogens with one attached hydrogen (secondary N) is 1. The highest BCUT2D eigenvalue weighted by Crippen LogP contribution is 2.32. The molecule has 7 nitrogen and oxygen atoms in total. The summed E-state index contributed by atoms with van der Waals surface area (Å²) in [6, 6.07) is 6.14. The largest absolute Gasteiger partial charge is 0.311 e. The van der Waals surface area contributed by atoms with Gasteiger partial charge in [0.25, 0.3) is 0 Å². The Kier molecular flexibility index (Phi) is 4.89. The molecule has 0 bridgehead atoms. The molecule has 1 aromatic carbocycles. The molecule has 0 spiro atoms. The molecule has 1 saturated heterocycles. The Hall–Kier alpha value is -2.74. The van der Waals surface area contributed by atoms with Crippen molar-refractivity contribution in [2.45, 2.75) is 40.0 Å². The highest BCUT2D eigenvalue weighted by Gasteiger charge is 2.37. The molecular formula is C20H23N5O2S. The molecular weight excluding hydrogens is 374 g/mol. The Bertz CT molecular complexity index is 1030. The minimum absolute atomic E-state index is 0.00891. The molecule has 146 valence electrons. The van der Waals surface area contributed by atoms with Gasteiger partial charge >= 0.3 is 0 Å². The average molecular weight is 398 g/mol. The van der Waals surface area contributed by atoms with Crippen LogP contribution < -0.4 is 10.2 Å². The van der Waals surface area contributed by atoms with Crippen LogP contribution in [0.4, 0.5) is 11.6 Å². The first-order valence-electron chi connectivity index (χ1n) is 9.54. The van der Waals surface area contributed by atoms with E-state index in [1.807, 2.05) is 18.4 Å². The maximum Gasteiger partial charge on any atom is 0.250 e. The molecule has 3 aromatic rings. The average Bonchev–Trinajstić information content (AvgIpc) is 3.37. The maximum absolute atomic E-state index is 12.8. The van der Waals surface area contributed by atoms with E-state index in [1.54, 1.807) is 9.42 Å². The van der Waals surface area contributed by atoms with Crippen LogP contribution in [0.25, 0.3) is 4.96 Å². The van der Waals surface area contributed by atoms with E-state index in [-0.39, 0.29) is 24.2 Å². The minimum Gasteiger partial charge on any atom is -0.311 e. The van der Waals surface area contributed by atoms with Gasteiger partial charge in [-0.1, -0.05) is 32.0 Å². The number of amides is 2. The van der Waals surface area contributed by atoms with E-state index in [9.17, 15) is 9.59 Å². The van der Waals surface area contributed by atoms with Gasteiger partial charge in [-0.2, -0.15) is 4.98 Å². The summed E-state index contributed by atoms with van der Waals surface area (Å²) in [5, 5.41) is 9.07. The topological polar surface area (TPSA) is 79.6 Å². The summed E-state index contributed by atoms with van der Waals surface area (Å²) in [5.74, 6) is -0.344. The molecule has 0 saturated carbocycles. The van der Waals surface area contributed by atoms with E-state index in [2.05, 4.69) is 41.4 Å². The van der Waals surface area contributed by atoms with Gasteiger partial charge in [-0.25, -0.2) is 4.52 Å². The standard InChI is InChI=1S/C20H23N5O2S/c1-4-13-7-6-8-14(5-2)17(13)24-10-15(9-16(24)26)18(27)21-19-22-20-25(23-19)12(3)11-28-20/h6-8,11,15H,4-5,9-10H2,1-3H3,(H,21,23,27). The lowest BCUT2D eigenvalue weighted by molar-refractivity contribution is -0.122. The quantitative estimate of drug-likeness (QED) is 0.717. The summed E-state index contributed by atoms with van der Waals surface area (Å²) < 4.78 is 1.71. The number of nitrogens with zero attached hydrogens (tertiary/aromatic N) is 4. The fourth-order valence-corrected chi connectivity index (χ4v) is 4.52. The smallest absolute Gasteiger partial charge is 0.250 e. The third kappa shape index (κ3) is 3.17. The van der Waals surface area contributed by atoms with Crippen molar-refractivity contribution in [1.82, 2.24) is 14.6 Å². The van der Waals surface area contributed by atoms with Gasteiger partial charge in [0.2, 0.25) is 22.7 Å². The van der Waals surface area contributed by atoms with Crippen molar-refractivity contribution in [2.24, 2.45) is 5.92 Å². The number of para-hydroxylation sites is 1. The number of carbonyl (C=O) groups is 2. The van der Waals surface area contributed by atoms with Crippen molar-refractivity contribution >= 4 is 39.7 Å². The number of benzene rings is 1. The second-order valence-electron chi connectivity index (χ2n) is 7.03. The maximum atomic E-state index is 12.8. The number of aromatic nitrogens is 3. The van der Waals surface area contributed by atoms with Gasteiger partial charge in [0.15, 0.2) is 0 Å². The van der Waals surface area contributed by atoms with Gasteiger partial charge < -0.3 is 4.90 Å². The van der Waals surface area contributed by atoms with Crippen molar-refractivity contribution in [2.75, 3.05) is 16.8 Å². The zero-order valence-corrected chi connectivity index (χ0v) is 17.0. The number of hydrogen-bond acceptors (Lipinski definition) is 5. The van der Waals surface area contributed by atoms with E-state index >= 15 is 0 Å². The first kappa shape index (κ1) is 18.6. The third-order valence-corrected chi connectivity index (χ3v) is 6.15.